The second kappa shape index (κ2) is 8.01. The number of aromatic nitrogens is 2. The Balaban J connectivity index is 1.66. The third-order valence-corrected chi connectivity index (χ3v) is 4.42. The van der Waals surface area contributed by atoms with Gasteiger partial charge in [0.25, 0.3) is 5.56 Å². The smallest absolute Gasteiger partial charge is 0.258 e. The van der Waals surface area contributed by atoms with Crippen molar-refractivity contribution in [3.63, 3.8) is 0 Å². The predicted octanol–water partition coefficient (Wildman–Crippen LogP) is 1.20. The van der Waals surface area contributed by atoms with Crippen LogP contribution in [0.5, 0.6) is 11.5 Å². The van der Waals surface area contributed by atoms with Crippen molar-refractivity contribution in [1.82, 2.24) is 9.97 Å². The van der Waals surface area contributed by atoms with Gasteiger partial charge in [-0.2, -0.15) is 0 Å². The number of fused-ring (bicyclic) bond motifs is 1. The number of nitrogens with zero attached hydrogens (tertiary/aromatic N) is 1. The zero-order chi connectivity index (χ0) is 18.5. The van der Waals surface area contributed by atoms with Gasteiger partial charge in [-0.3, -0.25) is 4.79 Å². The molecule has 0 spiro atoms. The van der Waals surface area contributed by atoms with E-state index in [1.54, 1.807) is 20.3 Å². The Morgan fingerprint density at radius 2 is 1.85 bits per heavy atom. The summed E-state index contributed by atoms with van der Waals surface area (Å²) in [5.74, 6) is 2.18. The maximum absolute atomic E-state index is 12.2. The summed E-state index contributed by atoms with van der Waals surface area (Å²) in [6, 6.07) is 13.4. The summed E-state index contributed by atoms with van der Waals surface area (Å²) in [5, 5.41) is 0.624. The van der Waals surface area contributed by atoms with Crippen molar-refractivity contribution in [2.45, 2.75) is 13.0 Å². The summed E-state index contributed by atoms with van der Waals surface area (Å²) in [5.41, 5.74) is 1.83. The topological polar surface area (TPSA) is 68.7 Å². The van der Waals surface area contributed by atoms with Crippen molar-refractivity contribution in [2.75, 3.05) is 27.8 Å². The van der Waals surface area contributed by atoms with Gasteiger partial charge in [-0.15, -0.1) is 0 Å². The van der Waals surface area contributed by atoms with Crippen LogP contribution in [0.15, 0.2) is 47.3 Å². The van der Waals surface area contributed by atoms with Crippen LogP contribution in [0.4, 0.5) is 0 Å². The fourth-order valence-electron chi connectivity index (χ4n) is 2.99. The minimum atomic E-state index is -0.0849. The first-order chi connectivity index (χ1) is 12.6. The third-order valence-electron chi connectivity index (χ3n) is 4.42. The van der Waals surface area contributed by atoms with E-state index >= 15 is 0 Å². The van der Waals surface area contributed by atoms with E-state index in [0.29, 0.717) is 17.8 Å². The lowest BCUT2D eigenvalue weighted by molar-refractivity contribution is -0.894. The number of methoxy groups -OCH3 is 2. The van der Waals surface area contributed by atoms with Crippen molar-refractivity contribution < 1.29 is 14.4 Å². The van der Waals surface area contributed by atoms with Gasteiger partial charge in [0.2, 0.25) is 0 Å². The summed E-state index contributed by atoms with van der Waals surface area (Å²) in [6.45, 7) is 1.57. The molecular weight excluding hydrogens is 330 g/mol. The molecule has 1 atom stereocenters. The molecule has 3 rings (SSSR count). The van der Waals surface area contributed by atoms with E-state index in [9.17, 15) is 4.79 Å². The van der Waals surface area contributed by atoms with Gasteiger partial charge in [-0.25, -0.2) is 4.98 Å². The molecule has 6 nitrogen and oxygen atoms in total. The molecule has 0 bridgehead atoms. The SMILES string of the molecule is COc1ccc(CC[NH+](C)Cc2nc3ccccc3c(=O)[nH]2)cc1OC. The molecule has 26 heavy (non-hydrogen) atoms. The Kier molecular flexibility index (Phi) is 5.53. The van der Waals surface area contributed by atoms with Crippen molar-refractivity contribution in [2.24, 2.45) is 0 Å². The summed E-state index contributed by atoms with van der Waals surface area (Å²) in [7, 11) is 5.36. The van der Waals surface area contributed by atoms with Crippen molar-refractivity contribution in [1.29, 1.82) is 0 Å². The monoisotopic (exact) mass is 354 g/mol. The van der Waals surface area contributed by atoms with Gasteiger partial charge in [-0.05, 0) is 29.8 Å². The van der Waals surface area contributed by atoms with Crippen LogP contribution in [-0.2, 0) is 13.0 Å². The van der Waals surface area contributed by atoms with Crippen LogP contribution in [0.3, 0.4) is 0 Å². The van der Waals surface area contributed by atoms with Crippen molar-refractivity contribution in [3.05, 3.63) is 64.2 Å². The third kappa shape index (κ3) is 4.03. The van der Waals surface area contributed by atoms with Gasteiger partial charge in [0.1, 0.15) is 6.54 Å². The lowest BCUT2D eigenvalue weighted by Crippen LogP contribution is -3.08. The van der Waals surface area contributed by atoms with E-state index in [1.165, 1.54) is 10.5 Å². The number of rotatable bonds is 7. The molecule has 0 fully saturated rings. The number of para-hydroxylation sites is 1. The summed E-state index contributed by atoms with van der Waals surface area (Å²) in [6.07, 6.45) is 0.893. The molecule has 3 aromatic rings. The second-order valence-corrected chi connectivity index (χ2v) is 6.35. The lowest BCUT2D eigenvalue weighted by Gasteiger charge is -2.14. The van der Waals surface area contributed by atoms with Gasteiger partial charge in [0, 0.05) is 6.42 Å². The fourth-order valence-corrected chi connectivity index (χ4v) is 2.99. The molecular formula is C20H24N3O3+. The lowest BCUT2D eigenvalue weighted by atomic mass is 10.1. The van der Waals surface area contributed by atoms with Gasteiger partial charge >= 0.3 is 0 Å². The Morgan fingerprint density at radius 1 is 1.08 bits per heavy atom. The molecule has 0 radical (unpaired) electrons. The maximum Gasteiger partial charge on any atom is 0.258 e. The summed E-state index contributed by atoms with van der Waals surface area (Å²) in [4.78, 5) is 20.9. The Morgan fingerprint density at radius 3 is 2.62 bits per heavy atom. The molecule has 2 N–H and O–H groups in total. The van der Waals surface area contributed by atoms with E-state index < -0.39 is 0 Å². The average Bonchev–Trinajstić information content (AvgIpc) is 2.66. The number of nitrogens with one attached hydrogen (secondary N) is 2. The zero-order valence-corrected chi connectivity index (χ0v) is 15.3. The highest BCUT2D eigenvalue weighted by Crippen LogP contribution is 2.27. The summed E-state index contributed by atoms with van der Waals surface area (Å²) >= 11 is 0. The molecule has 0 amide bonds. The fraction of sp³-hybridized carbons (Fsp3) is 0.300. The standard InChI is InChI=1S/C20H23N3O3/c1-23(11-10-14-8-9-17(25-2)18(12-14)26-3)13-19-21-16-7-5-4-6-15(16)20(24)22-19/h4-9,12H,10-11,13H2,1-3H3,(H,21,22,24)/p+1. The molecule has 1 aromatic heterocycles. The molecule has 0 aliphatic heterocycles. The Hall–Kier alpha value is -2.86. The molecule has 1 heterocycles. The highest BCUT2D eigenvalue weighted by molar-refractivity contribution is 5.77. The highest BCUT2D eigenvalue weighted by atomic mass is 16.5. The second-order valence-electron chi connectivity index (χ2n) is 6.35. The van der Waals surface area contributed by atoms with Gasteiger partial charge in [0.15, 0.2) is 17.3 Å². The normalized spacial score (nSPS) is 12.1. The van der Waals surface area contributed by atoms with Crippen LogP contribution in [0, 0.1) is 0 Å². The Labute approximate surface area is 152 Å². The van der Waals surface area contributed by atoms with Gasteiger partial charge in [-0.1, -0.05) is 18.2 Å². The van der Waals surface area contributed by atoms with E-state index in [0.717, 1.165) is 30.0 Å². The van der Waals surface area contributed by atoms with Crippen LogP contribution in [0.25, 0.3) is 10.9 Å². The predicted molar refractivity (Wildman–Crippen MR) is 101 cm³/mol. The van der Waals surface area contributed by atoms with Crippen LogP contribution < -0.4 is 19.9 Å². The van der Waals surface area contributed by atoms with Crippen LogP contribution in [-0.4, -0.2) is 37.8 Å². The van der Waals surface area contributed by atoms with Crippen LogP contribution in [0.2, 0.25) is 0 Å². The van der Waals surface area contributed by atoms with E-state index in [2.05, 4.69) is 17.0 Å². The average molecular weight is 354 g/mol. The molecule has 136 valence electrons. The number of H-pyrrole nitrogens is 1. The number of hydrogen-bond acceptors (Lipinski definition) is 4. The number of quaternary nitrogens is 1. The summed E-state index contributed by atoms with van der Waals surface area (Å²) < 4.78 is 10.6. The first-order valence-electron chi connectivity index (χ1n) is 8.61. The molecule has 1 unspecified atom stereocenters. The number of aromatic amines is 1. The minimum absolute atomic E-state index is 0.0849. The maximum atomic E-state index is 12.2. The van der Waals surface area contributed by atoms with Crippen molar-refractivity contribution in [3.8, 4) is 11.5 Å². The van der Waals surface area contributed by atoms with Gasteiger partial charge in [0.05, 0.1) is 38.7 Å². The quantitative estimate of drug-likeness (QED) is 0.669. The zero-order valence-electron chi connectivity index (χ0n) is 15.3. The first kappa shape index (κ1) is 17.9. The Bertz CT molecular complexity index is 952. The van der Waals surface area contributed by atoms with E-state index in [4.69, 9.17) is 9.47 Å². The molecule has 0 aliphatic carbocycles. The van der Waals surface area contributed by atoms with E-state index in [-0.39, 0.29) is 5.56 Å². The van der Waals surface area contributed by atoms with Gasteiger partial charge < -0.3 is 19.4 Å². The highest BCUT2D eigenvalue weighted by Gasteiger charge is 2.10. The van der Waals surface area contributed by atoms with Crippen molar-refractivity contribution >= 4 is 10.9 Å². The molecule has 0 saturated heterocycles. The minimum Gasteiger partial charge on any atom is -0.493 e. The first-order valence-corrected chi connectivity index (χ1v) is 8.61. The number of ether oxygens (including phenoxy) is 2. The largest absolute Gasteiger partial charge is 0.493 e. The van der Waals surface area contributed by atoms with Crippen LogP contribution in [0.1, 0.15) is 11.4 Å². The molecule has 6 heteroatoms. The molecule has 2 aromatic carbocycles. The molecule has 0 aliphatic rings. The van der Waals surface area contributed by atoms with Crippen LogP contribution >= 0.6 is 0 Å². The number of benzene rings is 2. The van der Waals surface area contributed by atoms with E-state index in [1.807, 2.05) is 36.4 Å². The number of likely N-dealkylation sites (N-methyl/N-ethyl adjacent to an activating group) is 1. The number of hydrogen-bond donors (Lipinski definition) is 2. The molecule has 0 saturated carbocycles.